The Balaban J connectivity index is 2.75. The number of aliphatic hydroxyl groups is 1. The summed E-state index contributed by atoms with van der Waals surface area (Å²) in [6.07, 6.45) is 0. The Hall–Kier alpha value is -1.50. The van der Waals surface area contributed by atoms with Crippen LogP contribution >= 0.6 is 0 Å². The van der Waals surface area contributed by atoms with Crippen LogP contribution in [0.25, 0.3) is 0 Å². The fourth-order valence-corrected chi connectivity index (χ4v) is 1.82. The number of benzene rings is 1. The first-order valence-corrected chi connectivity index (χ1v) is 6.31. The van der Waals surface area contributed by atoms with Crippen molar-refractivity contribution < 1.29 is 23.8 Å². The molecular formula is C14H20FNO4. The van der Waals surface area contributed by atoms with Gasteiger partial charge >= 0.3 is 5.97 Å². The van der Waals surface area contributed by atoms with Crippen molar-refractivity contribution in [2.24, 2.45) is 0 Å². The molecule has 1 rings (SSSR count). The van der Waals surface area contributed by atoms with Gasteiger partial charge in [-0.25, -0.2) is 9.18 Å². The van der Waals surface area contributed by atoms with Crippen LogP contribution in [0.2, 0.25) is 0 Å². The maximum atomic E-state index is 13.8. The van der Waals surface area contributed by atoms with Gasteiger partial charge in [-0.2, -0.15) is 0 Å². The van der Waals surface area contributed by atoms with Crippen LogP contribution < -0.4 is 0 Å². The highest BCUT2D eigenvalue weighted by atomic mass is 19.1. The molecule has 0 heterocycles. The lowest BCUT2D eigenvalue weighted by atomic mass is 10.1. The third-order valence-electron chi connectivity index (χ3n) is 2.87. The first kappa shape index (κ1) is 16.6. The summed E-state index contributed by atoms with van der Waals surface area (Å²) in [4.78, 5) is 13.2. The van der Waals surface area contributed by atoms with Crippen LogP contribution in [-0.2, 0) is 16.0 Å². The van der Waals surface area contributed by atoms with E-state index < -0.39 is 11.8 Å². The largest absolute Gasteiger partial charge is 0.465 e. The topological polar surface area (TPSA) is 59.0 Å². The molecule has 20 heavy (non-hydrogen) atoms. The average Bonchev–Trinajstić information content (AvgIpc) is 2.44. The first-order valence-electron chi connectivity index (χ1n) is 6.31. The molecule has 1 aromatic carbocycles. The number of hydrogen-bond donors (Lipinski definition) is 1. The summed E-state index contributed by atoms with van der Waals surface area (Å²) in [7, 11) is 2.81. The van der Waals surface area contributed by atoms with Crippen LogP contribution in [0.3, 0.4) is 0 Å². The van der Waals surface area contributed by atoms with E-state index in [0.29, 0.717) is 26.2 Å². The van der Waals surface area contributed by atoms with Crippen molar-refractivity contribution >= 4 is 5.97 Å². The maximum absolute atomic E-state index is 13.8. The molecule has 0 fully saturated rings. The summed E-state index contributed by atoms with van der Waals surface area (Å²) in [5, 5.41) is 9.00. The third kappa shape index (κ3) is 4.88. The van der Waals surface area contributed by atoms with Crippen LogP contribution in [0, 0.1) is 5.82 Å². The maximum Gasteiger partial charge on any atom is 0.340 e. The normalized spacial score (nSPS) is 10.8. The summed E-state index contributed by atoms with van der Waals surface area (Å²) < 4.78 is 23.3. The minimum atomic E-state index is -0.694. The minimum absolute atomic E-state index is 0.0203. The second-order valence-corrected chi connectivity index (χ2v) is 4.30. The van der Waals surface area contributed by atoms with Crippen molar-refractivity contribution in [2.45, 2.75) is 6.54 Å². The van der Waals surface area contributed by atoms with Gasteiger partial charge in [-0.15, -0.1) is 0 Å². The second-order valence-electron chi connectivity index (χ2n) is 4.30. The third-order valence-corrected chi connectivity index (χ3v) is 2.87. The summed E-state index contributed by atoms with van der Waals surface area (Å²) in [5.74, 6) is -1.30. The smallest absolute Gasteiger partial charge is 0.340 e. The van der Waals surface area contributed by atoms with Gasteiger partial charge in [0.25, 0.3) is 0 Å². The molecule has 6 heteroatoms. The van der Waals surface area contributed by atoms with Crippen molar-refractivity contribution in [3.63, 3.8) is 0 Å². The zero-order chi connectivity index (χ0) is 15.0. The number of carbonyl (C=O) groups excluding carboxylic acids is 1. The van der Waals surface area contributed by atoms with E-state index in [-0.39, 0.29) is 12.2 Å². The molecule has 0 aliphatic carbocycles. The van der Waals surface area contributed by atoms with E-state index in [1.54, 1.807) is 13.2 Å². The number of rotatable bonds is 8. The highest BCUT2D eigenvalue weighted by Gasteiger charge is 2.13. The number of hydrogen-bond acceptors (Lipinski definition) is 5. The number of esters is 1. The Labute approximate surface area is 117 Å². The summed E-state index contributed by atoms with van der Waals surface area (Å²) >= 11 is 0. The van der Waals surface area contributed by atoms with Crippen LogP contribution in [-0.4, -0.2) is 56.5 Å². The van der Waals surface area contributed by atoms with E-state index in [4.69, 9.17) is 9.84 Å². The number of ether oxygens (including phenoxy) is 2. The average molecular weight is 285 g/mol. The Kier molecular flexibility index (Phi) is 7.14. The Morgan fingerprint density at radius 1 is 1.35 bits per heavy atom. The van der Waals surface area contributed by atoms with E-state index in [2.05, 4.69) is 4.74 Å². The molecule has 112 valence electrons. The van der Waals surface area contributed by atoms with Crippen LogP contribution in [0.5, 0.6) is 0 Å². The lowest BCUT2D eigenvalue weighted by Crippen LogP contribution is -2.29. The van der Waals surface area contributed by atoms with Crippen molar-refractivity contribution in [2.75, 3.05) is 40.5 Å². The van der Waals surface area contributed by atoms with Gasteiger partial charge in [-0.3, -0.25) is 4.90 Å². The molecule has 0 amide bonds. The number of aliphatic hydroxyl groups excluding tert-OH is 1. The Bertz CT molecular complexity index is 439. The zero-order valence-electron chi connectivity index (χ0n) is 11.8. The van der Waals surface area contributed by atoms with Gasteiger partial charge in [-0.05, 0) is 17.7 Å². The molecule has 0 bridgehead atoms. The molecule has 0 aliphatic heterocycles. The monoisotopic (exact) mass is 285 g/mol. The fraction of sp³-hybridized carbons (Fsp3) is 0.500. The van der Waals surface area contributed by atoms with Crippen LogP contribution in [0.1, 0.15) is 15.9 Å². The predicted molar refractivity (Wildman–Crippen MR) is 72.0 cm³/mol. The standard InChI is InChI=1S/C14H20FNO4/c1-19-8-6-16(5-7-17)10-11-3-4-12(13(15)9-11)14(18)20-2/h3-4,9,17H,5-8,10H2,1-2H3. The number of methoxy groups -OCH3 is 2. The Morgan fingerprint density at radius 2 is 2.10 bits per heavy atom. The van der Waals surface area contributed by atoms with Gasteiger partial charge in [0.05, 0.1) is 25.9 Å². The highest BCUT2D eigenvalue weighted by molar-refractivity contribution is 5.89. The molecule has 0 aliphatic rings. The van der Waals surface area contributed by atoms with Crippen molar-refractivity contribution in [1.29, 1.82) is 0 Å². The van der Waals surface area contributed by atoms with Gasteiger partial charge in [0, 0.05) is 26.7 Å². The molecule has 1 N–H and O–H groups in total. The summed E-state index contributed by atoms with van der Waals surface area (Å²) in [5.41, 5.74) is 0.640. The van der Waals surface area contributed by atoms with Gasteiger partial charge in [0.2, 0.25) is 0 Å². The van der Waals surface area contributed by atoms with E-state index in [9.17, 15) is 9.18 Å². The molecule has 5 nitrogen and oxygen atoms in total. The van der Waals surface area contributed by atoms with Gasteiger partial charge < -0.3 is 14.6 Å². The SMILES string of the molecule is COCCN(CCO)Cc1ccc(C(=O)OC)c(F)c1. The van der Waals surface area contributed by atoms with Gasteiger partial charge in [0.15, 0.2) is 0 Å². The predicted octanol–water partition coefficient (Wildman–Crippen LogP) is 1.05. The number of halogens is 1. The second kappa shape index (κ2) is 8.63. The minimum Gasteiger partial charge on any atom is -0.465 e. The van der Waals surface area contributed by atoms with E-state index in [1.807, 2.05) is 4.90 Å². The van der Waals surface area contributed by atoms with Crippen molar-refractivity contribution in [3.05, 3.63) is 35.1 Å². The van der Waals surface area contributed by atoms with Crippen LogP contribution in [0.15, 0.2) is 18.2 Å². The Morgan fingerprint density at radius 3 is 2.65 bits per heavy atom. The van der Waals surface area contributed by atoms with Crippen molar-refractivity contribution in [1.82, 2.24) is 4.90 Å². The zero-order valence-corrected chi connectivity index (χ0v) is 11.8. The van der Waals surface area contributed by atoms with Gasteiger partial charge in [0.1, 0.15) is 5.82 Å². The first-order chi connectivity index (χ1) is 9.62. The summed E-state index contributed by atoms with van der Waals surface area (Å²) in [6, 6.07) is 4.39. The van der Waals surface area contributed by atoms with E-state index in [1.165, 1.54) is 19.2 Å². The highest BCUT2D eigenvalue weighted by Crippen LogP contribution is 2.13. The lowest BCUT2D eigenvalue weighted by Gasteiger charge is -2.21. The molecule has 0 radical (unpaired) electrons. The molecule has 0 spiro atoms. The van der Waals surface area contributed by atoms with Crippen LogP contribution in [0.4, 0.5) is 4.39 Å². The quantitative estimate of drug-likeness (QED) is 0.724. The lowest BCUT2D eigenvalue weighted by molar-refractivity contribution is 0.0595. The molecule has 0 aromatic heterocycles. The molecule has 0 atom stereocenters. The number of carbonyl (C=O) groups is 1. The summed E-state index contributed by atoms with van der Waals surface area (Å²) in [6.45, 7) is 2.14. The number of nitrogens with zero attached hydrogens (tertiary/aromatic N) is 1. The molecule has 0 saturated heterocycles. The van der Waals surface area contributed by atoms with E-state index >= 15 is 0 Å². The van der Waals surface area contributed by atoms with E-state index in [0.717, 1.165) is 5.56 Å². The molecule has 0 unspecified atom stereocenters. The molecule has 0 saturated carbocycles. The molecule has 1 aromatic rings. The van der Waals surface area contributed by atoms with Gasteiger partial charge in [-0.1, -0.05) is 6.07 Å². The molecular weight excluding hydrogens is 265 g/mol. The fourth-order valence-electron chi connectivity index (χ4n) is 1.82. The van der Waals surface area contributed by atoms with Crippen molar-refractivity contribution in [3.8, 4) is 0 Å².